The highest BCUT2D eigenvalue weighted by molar-refractivity contribution is 5.48. The summed E-state index contributed by atoms with van der Waals surface area (Å²) < 4.78 is 10.7. The standard InChI is InChI=1S/C14H16O3/c15-14(10-3-1-2-4-11(10)14)9-5-6-12-13(7-9)17-8-16-12/h5-7,10-11,15H,1-4,8H2. The Morgan fingerprint density at radius 1 is 1.06 bits per heavy atom. The molecule has 3 aliphatic rings. The molecule has 90 valence electrons. The third-order valence-electron chi connectivity index (χ3n) is 4.62. The van der Waals surface area contributed by atoms with Crippen molar-refractivity contribution in [1.82, 2.24) is 0 Å². The van der Waals surface area contributed by atoms with Crippen LogP contribution in [-0.4, -0.2) is 11.9 Å². The topological polar surface area (TPSA) is 38.7 Å². The van der Waals surface area contributed by atoms with Crippen LogP contribution < -0.4 is 9.47 Å². The van der Waals surface area contributed by atoms with Crippen molar-refractivity contribution in [2.45, 2.75) is 31.3 Å². The van der Waals surface area contributed by atoms with E-state index >= 15 is 0 Å². The first kappa shape index (κ1) is 9.77. The summed E-state index contributed by atoms with van der Waals surface area (Å²) >= 11 is 0. The Morgan fingerprint density at radius 3 is 2.53 bits per heavy atom. The Kier molecular flexibility index (Phi) is 1.82. The molecule has 4 rings (SSSR count). The van der Waals surface area contributed by atoms with Crippen molar-refractivity contribution in [3.05, 3.63) is 23.8 Å². The van der Waals surface area contributed by atoms with Crippen LogP contribution in [-0.2, 0) is 5.60 Å². The van der Waals surface area contributed by atoms with Crippen LogP contribution in [0.4, 0.5) is 0 Å². The van der Waals surface area contributed by atoms with Gasteiger partial charge in [0, 0.05) is 0 Å². The van der Waals surface area contributed by atoms with Gasteiger partial charge in [-0.2, -0.15) is 0 Å². The summed E-state index contributed by atoms with van der Waals surface area (Å²) in [6, 6.07) is 5.87. The van der Waals surface area contributed by atoms with Crippen LogP contribution in [0.25, 0.3) is 0 Å². The number of rotatable bonds is 1. The van der Waals surface area contributed by atoms with Crippen LogP contribution in [0, 0.1) is 11.8 Å². The Balaban J connectivity index is 1.71. The van der Waals surface area contributed by atoms with Crippen LogP contribution in [0.2, 0.25) is 0 Å². The zero-order valence-electron chi connectivity index (χ0n) is 9.69. The fourth-order valence-electron chi connectivity index (χ4n) is 3.67. The van der Waals surface area contributed by atoms with Gasteiger partial charge in [-0.1, -0.05) is 18.9 Å². The number of hydrogen-bond donors (Lipinski definition) is 1. The minimum absolute atomic E-state index is 0.296. The summed E-state index contributed by atoms with van der Waals surface area (Å²) in [5.74, 6) is 2.51. The largest absolute Gasteiger partial charge is 0.454 e. The summed E-state index contributed by atoms with van der Waals surface area (Å²) in [6.07, 6.45) is 4.84. The van der Waals surface area contributed by atoms with Crippen molar-refractivity contribution in [3.8, 4) is 11.5 Å². The van der Waals surface area contributed by atoms with E-state index in [9.17, 15) is 5.11 Å². The average Bonchev–Trinajstić information content (AvgIpc) is 2.77. The normalized spacial score (nSPS) is 37.7. The summed E-state index contributed by atoms with van der Waals surface area (Å²) in [5, 5.41) is 10.8. The zero-order chi connectivity index (χ0) is 11.5. The summed E-state index contributed by atoms with van der Waals surface area (Å²) in [7, 11) is 0. The second-order valence-corrected chi connectivity index (χ2v) is 5.39. The maximum absolute atomic E-state index is 10.8. The lowest BCUT2D eigenvalue weighted by Gasteiger charge is -2.11. The van der Waals surface area contributed by atoms with Gasteiger partial charge < -0.3 is 14.6 Å². The highest BCUT2D eigenvalue weighted by atomic mass is 16.7. The Bertz CT molecular complexity index is 457. The van der Waals surface area contributed by atoms with Crippen molar-refractivity contribution in [3.63, 3.8) is 0 Å². The van der Waals surface area contributed by atoms with E-state index in [0.717, 1.165) is 29.9 Å². The molecule has 2 fully saturated rings. The monoisotopic (exact) mass is 232 g/mol. The highest BCUT2D eigenvalue weighted by Crippen LogP contribution is 2.64. The fourth-order valence-corrected chi connectivity index (χ4v) is 3.67. The van der Waals surface area contributed by atoms with Crippen molar-refractivity contribution >= 4 is 0 Å². The first-order valence-corrected chi connectivity index (χ1v) is 6.42. The van der Waals surface area contributed by atoms with Gasteiger partial charge >= 0.3 is 0 Å². The highest BCUT2D eigenvalue weighted by Gasteiger charge is 2.64. The first-order chi connectivity index (χ1) is 8.30. The minimum Gasteiger partial charge on any atom is -0.454 e. The lowest BCUT2D eigenvalue weighted by atomic mass is 10.0. The second-order valence-electron chi connectivity index (χ2n) is 5.39. The second kappa shape index (κ2) is 3.16. The van der Waals surface area contributed by atoms with E-state index in [1.165, 1.54) is 12.8 Å². The molecule has 0 spiro atoms. The molecule has 17 heavy (non-hydrogen) atoms. The van der Waals surface area contributed by atoms with E-state index < -0.39 is 5.60 Å². The molecule has 0 amide bonds. The minimum atomic E-state index is -0.586. The van der Waals surface area contributed by atoms with Gasteiger partial charge in [-0.3, -0.25) is 0 Å². The van der Waals surface area contributed by atoms with E-state index in [0.29, 0.717) is 18.6 Å². The number of aliphatic hydroxyl groups is 1. The van der Waals surface area contributed by atoms with Crippen molar-refractivity contribution in [2.75, 3.05) is 6.79 Å². The molecule has 1 heterocycles. The molecule has 3 heteroatoms. The summed E-state index contributed by atoms with van der Waals surface area (Å²) in [5.41, 5.74) is 0.427. The molecule has 1 aliphatic heterocycles. The van der Waals surface area contributed by atoms with Gasteiger partial charge in [-0.25, -0.2) is 0 Å². The number of fused-ring (bicyclic) bond motifs is 2. The quantitative estimate of drug-likeness (QED) is 0.808. The number of benzene rings is 1. The molecule has 0 radical (unpaired) electrons. The van der Waals surface area contributed by atoms with Crippen molar-refractivity contribution < 1.29 is 14.6 Å². The van der Waals surface area contributed by atoms with E-state index in [-0.39, 0.29) is 0 Å². The maximum atomic E-state index is 10.8. The SMILES string of the molecule is OC1(c2ccc3c(c2)OCO3)C2CCCCC21. The molecular weight excluding hydrogens is 216 g/mol. The van der Waals surface area contributed by atoms with Gasteiger partial charge in [0.05, 0.1) is 5.60 Å². The molecule has 2 saturated carbocycles. The van der Waals surface area contributed by atoms with E-state index in [1.807, 2.05) is 18.2 Å². The van der Waals surface area contributed by atoms with E-state index in [2.05, 4.69) is 0 Å². The molecule has 0 saturated heterocycles. The van der Waals surface area contributed by atoms with Crippen LogP contribution in [0.1, 0.15) is 31.2 Å². The molecule has 1 aromatic rings. The van der Waals surface area contributed by atoms with Crippen molar-refractivity contribution in [2.24, 2.45) is 11.8 Å². The molecule has 2 aliphatic carbocycles. The number of hydrogen-bond acceptors (Lipinski definition) is 3. The van der Waals surface area contributed by atoms with Crippen LogP contribution >= 0.6 is 0 Å². The fraction of sp³-hybridized carbons (Fsp3) is 0.571. The Hall–Kier alpha value is -1.22. The van der Waals surface area contributed by atoms with E-state index in [4.69, 9.17) is 9.47 Å². The third kappa shape index (κ3) is 1.20. The van der Waals surface area contributed by atoms with Crippen LogP contribution in [0.5, 0.6) is 11.5 Å². The predicted octanol–water partition coefficient (Wildman–Crippen LogP) is 2.42. The molecule has 1 N–H and O–H groups in total. The van der Waals surface area contributed by atoms with Gasteiger partial charge in [-0.05, 0) is 42.4 Å². The van der Waals surface area contributed by atoms with Gasteiger partial charge in [0.2, 0.25) is 6.79 Å². The molecule has 0 aromatic heterocycles. The Labute approximate surface area is 100 Å². The maximum Gasteiger partial charge on any atom is 0.231 e. The lowest BCUT2D eigenvalue weighted by Crippen LogP contribution is -2.10. The third-order valence-corrected chi connectivity index (χ3v) is 4.62. The molecule has 3 nitrogen and oxygen atoms in total. The molecular formula is C14H16O3. The van der Waals surface area contributed by atoms with Crippen LogP contribution in [0.3, 0.4) is 0 Å². The van der Waals surface area contributed by atoms with Gasteiger partial charge in [0.25, 0.3) is 0 Å². The molecule has 1 aromatic carbocycles. The van der Waals surface area contributed by atoms with Crippen LogP contribution in [0.15, 0.2) is 18.2 Å². The van der Waals surface area contributed by atoms with Gasteiger partial charge in [0.1, 0.15) is 0 Å². The first-order valence-electron chi connectivity index (χ1n) is 6.42. The van der Waals surface area contributed by atoms with Gasteiger partial charge in [-0.15, -0.1) is 0 Å². The zero-order valence-corrected chi connectivity index (χ0v) is 9.69. The summed E-state index contributed by atoms with van der Waals surface area (Å²) in [4.78, 5) is 0. The van der Waals surface area contributed by atoms with Gasteiger partial charge in [0.15, 0.2) is 11.5 Å². The Morgan fingerprint density at radius 2 is 1.76 bits per heavy atom. The summed E-state index contributed by atoms with van der Waals surface area (Å²) in [6.45, 7) is 0.296. The molecule has 2 unspecified atom stereocenters. The smallest absolute Gasteiger partial charge is 0.231 e. The average molecular weight is 232 g/mol. The van der Waals surface area contributed by atoms with E-state index in [1.54, 1.807) is 0 Å². The molecule has 2 atom stereocenters. The predicted molar refractivity (Wildman–Crippen MR) is 61.9 cm³/mol. The number of ether oxygens (including phenoxy) is 2. The lowest BCUT2D eigenvalue weighted by molar-refractivity contribution is 0.117. The molecule has 0 bridgehead atoms. The van der Waals surface area contributed by atoms with Crippen molar-refractivity contribution in [1.29, 1.82) is 0 Å².